The van der Waals surface area contributed by atoms with Crippen molar-refractivity contribution < 1.29 is 27.9 Å². The molecule has 2 N–H and O–H groups in total. The number of likely N-dealkylation sites (tertiary alicyclic amines) is 1. The number of nitrogens with zero attached hydrogens (tertiary/aromatic N) is 1. The average molecular weight is 330 g/mol. The summed E-state index contributed by atoms with van der Waals surface area (Å²) >= 11 is 0. The Labute approximate surface area is 131 Å². The highest BCUT2D eigenvalue weighted by Gasteiger charge is 2.32. The molecule has 126 valence electrons. The van der Waals surface area contributed by atoms with Gasteiger partial charge in [-0.3, -0.25) is 9.69 Å². The molecule has 1 fully saturated rings. The Bertz CT molecular complexity index is 572. The Balaban J connectivity index is 1.94. The van der Waals surface area contributed by atoms with E-state index in [0.717, 1.165) is 29.9 Å². The van der Waals surface area contributed by atoms with Crippen molar-refractivity contribution in [3.05, 3.63) is 35.4 Å². The van der Waals surface area contributed by atoms with Crippen LogP contribution in [-0.2, 0) is 17.5 Å². The van der Waals surface area contributed by atoms with E-state index in [2.05, 4.69) is 5.32 Å². The van der Waals surface area contributed by atoms with Crippen molar-refractivity contribution in [3.63, 3.8) is 0 Å². The van der Waals surface area contributed by atoms with E-state index in [1.54, 1.807) is 0 Å². The molecular formula is C15H17F3N2O3. The first-order valence-corrected chi connectivity index (χ1v) is 7.22. The van der Waals surface area contributed by atoms with Crippen LogP contribution in [0.3, 0.4) is 0 Å². The Kier molecular flexibility index (Phi) is 5.12. The fourth-order valence-electron chi connectivity index (χ4n) is 2.55. The van der Waals surface area contributed by atoms with Crippen molar-refractivity contribution in [1.82, 2.24) is 10.2 Å². The summed E-state index contributed by atoms with van der Waals surface area (Å²) in [6.45, 7) is 0.370. The van der Waals surface area contributed by atoms with Gasteiger partial charge in [-0.1, -0.05) is 12.1 Å². The molecule has 1 aromatic carbocycles. The van der Waals surface area contributed by atoms with Gasteiger partial charge in [0.05, 0.1) is 5.56 Å². The number of piperidine rings is 1. The first kappa shape index (κ1) is 17.1. The summed E-state index contributed by atoms with van der Waals surface area (Å²) in [5, 5.41) is 11.7. The van der Waals surface area contributed by atoms with Crippen LogP contribution < -0.4 is 5.32 Å². The van der Waals surface area contributed by atoms with Crippen molar-refractivity contribution in [1.29, 1.82) is 0 Å². The van der Waals surface area contributed by atoms with E-state index in [9.17, 15) is 22.8 Å². The number of carboxylic acid groups (broad SMARTS) is 1. The van der Waals surface area contributed by atoms with E-state index in [0.29, 0.717) is 18.5 Å². The highest BCUT2D eigenvalue weighted by molar-refractivity contribution is 5.85. The number of amides is 2. The Morgan fingerprint density at radius 3 is 2.43 bits per heavy atom. The minimum Gasteiger partial charge on any atom is -0.465 e. The minimum atomic E-state index is -4.40. The number of carbonyl (C=O) groups excluding carboxylic acids is 1. The monoisotopic (exact) mass is 330 g/mol. The molecule has 0 bridgehead atoms. The molecule has 1 aromatic rings. The van der Waals surface area contributed by atoms with Crippen molar-refractivity contribution in [2.45, 2.75) is 38.0 Å². The van der Waals surface area contributed by atoms with E-state index in [-0.39, 0.29) is 6.54 Å². The van der Waals surface area contributed by atoms with Crippen LogP contribution in [0.2, 0.25) is 0 Å². The second-order valence-electron chi connectivity index (χ2n) is 5.40. The summed E-state index contributed by atoms with van der Waals surface area (Å²) in [5.41, 5.74) is -0.235. The van der Waals surface area contributed by atoms with Gasteiger partial charge in [0.2, 0.25) is 5.91 Å². The molecule has 0 spiro atoms. The standard InChI is InChI=1S/C15H17F3N2O3/c16-15(17,18)11-6-4-10(5-7-11)9-19-13(21)12-3-1-2-8-20(12)14(22)23/h4-7,12H,1-3,8-9H2,(H,19,21)(H,22,23). The number of carbonyl (C=O) groups is 2. The van der Waals surface area contributed by atoms with Crippen LogP contribution in [0, 0.1) is 0 Å². The van der Waals surface area contributed by atoms with Gasteiger partial charge in [-0.05, 0) is 37.0 Å². The molecule has 2 amide bonds. The number of hydrogen-bond donors (Lipinski definition) is 2. The lowest BCUT2D eigenvalue weighted by molar-refractivity contribution is -0.137. The lowest BCUT2D eigenvalue weighted by Crippen LogP contribution is -2.51. The summed E-state index contributed by atoms with van der Waals surface area (Å²) in [7, 11) is 0. The molecule has 0 aromatic heterocycles. The molecule has 1 aliphatic rings. The van der Waals surface area contributed by atoms with Gasteiger partial charge in [0.1, 0.15) is 6.04 Å². The Morgan fingerprint density at radius 1 is 1.22 bits per heavy atom. The highest BCUT2D eigenvalue weighted by Crippen LogP contribution is 2.29. The lowest BCUT2D eigenvalue weighted by Gasteiger charge is -2.32. The van der Waals surface area contributed by atoms with Crippen LogP contribution in [-0.4, -0.2) is 34.6 Å². The lowest BCUT2D eigenvalue weighted by atomic mass is 10.0. The maximum absolute atomic E-state index is 12.5. The fraction of sp³-hybridized carbons (Fsp3) is 0.467. The third-order valence-electron chi connectivity index (χ3n) is 3.80. The zero-order valence-corrected chi connectivity index (χ0v) is 12.3. The zero-order valence-electron chi connectivity index (χ0n) is 12.3. The molecule has 1 heterocycles. The maximum Gasteiger partial charge on any atom is 0.416 e. The van der Waals surface area contributed by atoms with Crippen LogP contribution in [0.25, 0.3) is 0 Å². The number of rotatable bonds is 3. The fourth-order valence-corrected chi connectivity index (χ4v) is 2.55. The molecule has 0 saturated carbocycles. The second kappa shape index (κ2) is 6.89. The van der Waals surface area contributed by atoms with Crippen LogP contribution in [0.15, 0.2) is 24.3 Å². The number of hydrogen-bond acceptors (Lipinski definition) is 2. The van der Waals surface area contributed by atoms with Gasteiger partial charge >= 0.3 is 12.3 Å². The van der Waals surface area contributed by atoms with Gasteiger partial charge in [0, 0.05) is 13.1 Å². The molecule has 8 heteroatoms. The predicted molar refractivity (Wildman–Crippen MR) is 75.7 cm³/mol. The molecule has 0 radical (unpaired) electrons. The summed E-state index contributed by atoms with van der Waals surface area (Å²) < 4.78 is 37.4. The first-order chi connectivity index (χ1) is 10.8. The number of halogens is 3. The van der Waals surface area contributed by atoms with Crippen molar-refractivity contribution in [2.75, 3.05) is 6.54 Å². The van der Waals surface area contributed by atoms with E-state index in [1.807, 2.05) is 0 Å². The normalized spacial score (nSPS) is 18.6. The average Bonchev–Trinajstić information content (AvgIpc) is 2.52. The third-order valence-corrected chi connectivity index (χ3v) is 3.80. The van der Waals surface area contributed by atoms with Crippen LogP contribution in [0.5, 0.6) is 0 Å². The molecule has 0 aliphatic carbocycles. The Hall–Kier alpha value is -2.25. The molecule has 2 rings (SSSR count). The van der Waals surface area contributed by atoms with Crippen molar-refractivity contribution in [3.8, 4) is 0 Å². The summed E-state index contributed by atoms with van der Waals surface area (Å²) in [6, 6.07) is 3.74. The van der Waals surface area contributed by atoms with Gasteiger partial charge in [0.25, 0.3) is 0 Å². The number of alkyl halides is 3. The van der Waals surface area contributed by atoms with Crippen LogP contribution in [0.1, 0.15) is 30.4 Å². The van der Waals surface area contributed by atoms with E-state index in [4.69, 9.17) is 5.11 Å². The van der Waals surface area contributed by atoms with Crippen LogP contribution >= 0.6 is 0 Å². The van der Waals surface area contributed by atoms with Gasteiger partial charge in [-0.25, -0.2) is 4.79 Å². The van der Waals surface area contributed by atoms with Crippen molar-refractivity contribution >= 4 is 12.0 Å². The zero-order chi connectivity index (χ0) is 17.0. The first-order valence-electron chi connectivity index (χ1n) is 7.22. The number of nitrogens with one attached hydrogen (secondary N) is 1. The molecule has 1 saturated heterocycles. The summed E-state index contributed by atoms with van der Waals surface area (Å²) in [4.78, 5) is 24.3. The maximum atomic E-state index is 12.5. The van der Waals surface area contributed by atoms with Crippen molar-refractivity contribution in [2.24, 2.45) is 0 Å². The van der Waals surface area contributed by atoms with Gasteiger partial charge in [-0.15, -0.1) is 0 Å². The summed E-state index contributed by atoms with van der Waals surface area (Å²) in [5.74, 6) is -0.424. The second-order valence-corrected chi connectivity index (χ2v) is 5.40. The molecule has 1 aliphatic heterocycles. The van der Waals surface area contributed by atoms with E-state index in [1.165, 1.54) is 12.1 Å². The topological polar surface area (TPSA) is 69.6 Å². The highest BCUT2D eigenvalue weighted by atomic mass is 19.4. The largest absolute Gasteiger partial charge is 0.465 e. The number of benzene rings is 1. The molecule has 1 atom stereocenters. The molecule has 1 unspecified atom stereocenters. The van der Waals surface area contributed by atoms with Gasteiger partial charge in [0.15, 0.2) is 0 Å². The van der Waals surface area contributed by atoms with Gasteiger partial charge in [-0.2, -0.15) is 13.2 Å². The van der Waals surface area contributed by atoms with Crippen LogP contribution in [0.4, 0.5) is 18.0 Å². The SMILES string of the molecule is O=C(NCc1ccc(C(F)(F)F)cc1)C1CCCCN1C(=O)O. The molecule has 23 heavy (non-hydrogen) atoms. The van der Waals surface area contributed by atoms with E-state index >= 15 is 0 Å². The predicted octanol–water partition coefficient (Wildman–Crippen LogP) is 2.85. The smallest absolute Gasteiger partial charge is 0.416 e. The Morgan fingerprint density at radius 2 is 1.87 bits per heavy atom. The van der Waals surface area contributed by atoms with E-state index < -0.39 is 29.8 Å². The quantitative estimate of drug-likeness (QED) is 0.895. The third kappa shape index (κ3) is 4.37. The summed E-state index contributed by atoms with van der Waals surface area (Å²) in [6.07, 6.45) is -3.60. The minimum absolute atomic E-state index is 0.0565. The molecular weight excluding hydrogens is 313 g/mol. The van der Waals surface area contributed by atoms with Gasteiger partial charge < -0.3 is 10.4 Å². The molecule has 5 nitrogen and oxygen atoms in total.